The average Bonchev–Trinajstić information content (AvgIpc) is 2.89. The van der Waals surface area contributed by atoms with Crippen LogP contribution in [-0.2, 0) is 4.79 Å². The molecule has 174 valence electrons. The number of pyridine rings is 2. The second kappa shape index (κ2) is 9.75. The molecule has 0 spiro atoms. The SMILES string of the molecule is C#CC(=O)Nc1ccnc(-c2nccc3cnc(Nc4ccc(N5CCN(C)CC5)cc4)nc23)c1. The van der Waals surface area contributed by atoms with Gasteiger partial charge in [0.05, 0.1) is 5.69 Å². The lowest BCUT2D eigenvalue weighted by molar-refractivity contribution is -0.111. The fraction of sp³-hybridized carbons (Fsp3) is 0.192. The van der Waals surface area contributed by atoms with E-state index in [1.54, 1.807) is 30.7 Å². The lowest BCUT2D eigenvalue weighted by Crippen LogP contribution is -2.44. The summed E-state index contributed by atoms with van der Waals surface area (Å²) < 4.78 is 0. The Morgan fingerprint density at radius 3 is 2.51 bits per heavy atom. The highest BCUT2D eigenvalue weighted by molar-refractivity contribution is 6.03. The lowest BCUT2D eigenvalue weighted by Gasteiger charge is -2.34. The van der Waals surface area contributed by atoms with Crippen molar-refractivity contribution in [3.8, 4) is 23.7 Å². The maximum absolute atomic E-state index is 11.6. The first kappa shape index (κ1) is 22.3. The summed E-state index contributed by atoms with van der Waals surface area (Å²) in [6, 6.07) is 13.5. The number of anilines is 4. The van der Waals surface area contributed by atoms with E-state index in [1.807, 2.05) is 24.1 Å². The number of hydrogen-bond acceptors (Lipinski definition) is 8. The van der Waals surface area contributed by atoms with Crippen molar-refractivity contribution in [1.29, 1.82) is 0 Å². The summed E-state index contributed by atoms with van der Waals surface area (Å²) in [6.07, 6.45) is 10.2. The van der Waals surface area contributed by atoms with Crippen molar-refractivity contribution in [1.82, 2.24) is 24.8 Å². The summed E-state index contributed by atoms with van der Waals surface area (Å²) in [7, 11) is 2.15. The third kappa shape index (κ3) is 5.03. The molecule has 4 aromatic rings. The Morgan fingerprint density at radius 2 is 1.74 bits per heavy atom. The Balaban J connectivity index is 1.39. The zero-order valence-electron chi connectivity index (χ0n) is 19.3. The normalized spacial score (nSPS) is 13.9. The van der Waals surface area contributed by atoms with Gasteiger partial charge in [-0.3, -0.25) is 14.8 Å². The second-order valence-corrected chi connectivity index (χ2v) is 8.28. The van der Waals surface area contributed by atoms with Gasteiger partial charge in [-0.15, -0.1) is 6.42 Å². The van der Waals surface area contributed by atoms with Crippen molar-refractivity contribution in [2.24, 2.45) is 0 Å². The number of benzene rings is 1. The van der Waals surface area contributed by atoms with E-state index in [2.05, 4.69) is 54.6 Å². The van der Waals surface area contributed by atoms with E-state index in [4.69, 9.17) is 11.4 Å². The minimum atomic E-state index is -0.527. The van der Waals surface area contributed by atoms with Crippen LogP contribution in [0.25, 0.3) is 22.3 Å². The average molecular weight is 465 g/mol. The number of hydrogen-bond donors (Lipinski definition) is 2. The van der Waals surface area contributed by atoms with Crippen LogP contribution in [0.3, 0.4) is 0 Å². The number of fused-ring (bicyclic) bond motifs is 1. The highest BCUT2D eigenvalue weighted by atomic mass is 16.1. The highest BCUT2D eigenvalue weighted by Crippen LogP contribution is 2.27. The number of terminal acetylenes is 1. The van der Waals surface area contributed by atoms with E-state index < -0.39 is 5.91 Å². The predicted octanol–water partition coefficient (Wildman–Crippen LogP) is 3.15. The molecule has 0 radical (unpaired) electrons. The Bertz CT molecular complexity index is 1410. The van der Waals surface area contributed by atoms with Gasteiger partial charge in [-0.1, -0.05) is 0 Å². The summed E-state index contributed by atoms with van der Waals surface area (Å²) >= 11 is 0. The summed E-state index contributed by atoms with van der Waals surface area (Å²) in [5, 5.41) is 6.74. The van der Waals surface area contributed by atoms with Crippen LogP contribution in [0.4, 0.5) is 23.0 Å². The first-order valence-electron chi connectivity index (χ1n) is 11.3. The van der Waals surface area contributed by atoms with Crippen molar-refractivity contribution < 1.29 is 4.79 Å². The van der Waals surface area contributed by atoms with Gasteiger partial charge in [-0.05, 0) is 55.4 Å². The van der Waals surface area contributed by atoms with E-state index in [-0.39, 0.29) is 0 Å². The smallest absolute Gasteiger partial charge is 0.300 e. The summed E-state index contributed by atoms with van der Waals surface area (Å²) in [4.78, 5) is 34.4. The fourth-order valence-corrected chi connectivity index (χ4v) is 3.96. The zero-order valence-corrected chi connectivity index (χ0v) is 19.3. The van der Waals surface area contributed by atoms with Crippen molar-refractivity contribution in [3.05, 3.63) is 61.1 Å². The molecule has 4 heterocycles. The number of carbonyl (C=O) groups excluding carboxylic acids is 1. The van der Waals surface area contributed by atoms with Gasteiger partial charge in [0.1, 0.15) is 11.2 Å². The van der Waals surface area contributed by atoms with E-state index in [0.717, 1.165) is 37.3 Å². The Morgan fingerprint density at radius 1 is 0.971 bits per heavy atom. The van der Waals surface area contributed by atoms with Crippen molar-refractivity contribution >= 4 is 39.8 Å². The summed E-state index contributed by atoms with van der Waals surface area (Å²) in [6.45, 7) is 4.17. The van der Waals surface area contributed by atoms with Crippen LogP contribution in [-0.4, -0.2) is 64.0 Å². The molecule has 5 rings (SSSR count). The molecule has 1 aromatic carbocycles. The molecule has 1 amide bonds. The first-order chi connectivity index (χ1) is 17.1. The van der Waals surface area contributed by atoms with E-state index in [0.29, 0.717) is 28.5 Å². The number of rotatable bonds is 5. The van der Waals surface area contributed by atoms with E-state index >= 15 is 0 Å². The molecule has 0 atom stereocenters. The van der Waals surface area contributed by atoms with Crippen LogP contribution in [0.1, 0.15) is 0 Å². The Hall–Kier alpha value is -4.55. The minimum Gasteiger partial charge on any atom is -0.369 e. The topological polar surface area (TPSA) is 99.2 Å². The van der Waals surface area contributed by atoms with Crippen LogP contribution < -0.4 is 15.5 Å². The van der Waals surface area contributed by atoms with Gasteiger partial charge in [0.2, 0.25) is 5.95 Å². The molecule has 1 aliphatic heterocycles. The zero-order chi connectivity index (χ0) is 24.2. The predicted molar refractivity (Wildman–Crippen MR) is 137 cm³/mol. The maximum atomic E-state index is 11.6. The van der Waals surface area contributed by atoms with Crippen LogP contribution in [0.15, 0.2) is 61.1 Å². The molecule has 2 N–H and O–H groups in total. The van der Waals surface area contributed by atoms with Gasteiger partial charge in [0, 0.05) is 67.2 Å². The van der Waals surface area contributed by atoms with Gasteiger partial charge in [0.15, 0.2) is 0 Å². The van der Waals surface area contributed by atoms with Crippen molar-refractivity contribution in [3.63, 3.8) is 0 Å². The molecule has 3 aromatic heterocycles. The number of likely N-dealkylation sites (N-methyl/N-ethyl adjacent to an activating group) is 1. The quantitative estimate of drug-likeness (QED) is 0.435. The molecule has 1 aliphatic rings. The standard InChI is InChI=1S/C26H24N8O/c1-3-23(35)30-20-9-11-27-22(16-20)25-24-18(8-10-28-25)17-29-26(32-24)31-19-4-6-21(7-5-19)34-14-12-33(2)13-15-34/h1,4-11,16-17H,12-15H2,2H3,(H,27,30,35)(H,29,31,32). The third-order valence-corrected chi connectivity index (χ3v) is 5.88. The minimum absolute atomic E-state index is 0.455. The molecule has 1 fully saturated rings. The maximum Gasteiger partial charge on any atom is 0.300 e. The third-order valence-electron chi connectivity index (χ3n) is 5.88. The highest BCUT2D eigenvalue weighted by Gasteiger charge is 2.15. The van der Waals surface area contributed by atoms with Crippen LogP contribution in [0.2, 0.25) is 0 Å². The lowest BCUT2D eigenvalue weighted by atomic mass is 10.1. The molecular formula is C26H24N8O. The van der Waals surface area contributed by atoms with Gasteiger partial charge in [0.25, 0.3) is 5.91 Å². The molecule has 1 saturated heterocycles. The van der Waals surface area contributed by atoms with Crippen LogP contribution in [0, 0.1) is 12.3 Å². The van der Waals surface area contributed by atoms with Gasteiger partial charge in [-0.2, -0.15) is 0 Å². The molecule has 9 heteroatoms. The molecule has 0 saturated carbocycles. The van der Waals surface area contributed by atoms with Gasteiger partial charge < -0.3 is 20.4 Å². The Kier molecular flexibility index (Phi) is 6.20. The number of piperazine rings is 1. The van der Waals surface area contributed by atoms with Crippen LogP contribution in [0.5, 0.6) is 0 Å². The van der Waals surface area contributed by atoms with E-state index in [9.17, 15) is 4.79 Å². The number of nitrogens with zero attached hydrogens (tertiary/aromatic N) is 6. The molecular weight excluding hydrogens is 440 g/mol. The van der Waals surface area contributed by atoms with Crippen LogP contribution >= 0.6 is 0 Å². The number of amides is 1. The fourth-order valence-electron chi connectivity index (χ4n) is 3.96. The van der Waals surface area contributed by atoms with Gasteiger partial charge in [-0.25, -0.2) is 9.97 Å². The van der Waals surface area contributed by atoms with Crippen molar-refractivity contribution in [2.45, 2.75) is 0 Å². The molecule has 0 bridgehead atoms. The second-order valence-electron chi connectivity index (χ2n) is 8.28. The molecule has 9 nitrogen and oxygen atoms in total. The molecule has 0 unspecified atom stereocenters. The monoisotopic (exact) mass is 464 g/mol. The molecule has 0 aliphatic carbocycles. The van der Waals surface area contributed by atoms with E-state index in [1.165, 1.54) is 5.69 Å². The summed E-state index contributed by atoms with van der Waals surface area (Å²) in [5.41, 5.74) is 4.42. The number of carbonyl (C=O) groups is 1. The largest absolute Gasteiger partial charge is 0.369 e. The van der Waals surface area contributed by atoms with Crippen molar-refractivity contribution in [2.75, 3.05) is 48.8 Å². The number of aromatic nitrogens is 4. The van der Waals surface area contributed by atoms with Gasteiger partial charge >= 0.3 is 0 Å². The summed E-state index contributed by atoms with van der Waals surface area (Å²) in [5.74, 6) is 1.96. The molecule has 35 heavy (non-hydrogen) atoms. The number of nitrogens with one attached hydrogen (secondary N) is 2. The first-order valence-corrected chi connectivity index (χ1v) is 11.3. The Labute approximate surface area is 203 Å².